The van der Waals surface area contributed by atoms with Crippen molar-refractivity contribution in [3.8, 4) is 0 Å². The van der Waals surface area contributed by atoms with Crippen molar-refractivity contribution in [2.45, 2.75) is 65.9 Å². The van der Waals surface area contributed by atoms with Gasteiger partial charge in [-0.15, -0.1) is 0 Å². The summed E-state index contributed by atoms with van der Waals surface area (Å²) in [7, 11) is 0. The Balaban J connectivity index is 4.37. The minimum Gasteiger partial charge on any atom is -0.459 e. The Bertz CT molecular complexity index is 163. The molecule has 0 aromatic carbocycles. The van der Waals surface area contributed by atoms with E-state index in [1.807, 2.05) is 13.8 Å². The molecule has 14 heavy (non-hydrogen) atoms. The van der Waals surface area contributed by atoms with Gasteiger partial charge in [-0.25, -0.2) is 0 Å². The molecule has 0 N–H and O–H groups in total. The lowest BCUT2D eigenvalue weighted by atomic mass is 9.93. The van der Waals surface area contributed by atoms with Gasteiger partial charge in [0.2, 0.25) is 0 Å². The number of hydrogen-bond acceptors (Lipinski definition) is 2. The molecule has 0 aliphatic heterocycles. The molecule has 0 aliphatic rings. The molecule has 0 rings (SSSR count). The molecule has 0 amide bonds. The van der Waals surface area contributed by atoms with Crippen LogP contribution in [0.1, 0.15) is 60.3 Å². The quantitative estimate of drug-likeness (QED) is 0.613. The first kappa shape index (κ1) is 13.5. The molecule has 1 unspecified atom stereocenters. The summed E-state index contributed by atoms with van der Waals surface area (Å²) in [5.41, 5.74) is -0.222. The van der Waals surface area contributed by atoms with Gasteiger partial charge in [0.1, 0.15) is 5.60 Å². The molecule has 0 spiro atoms. The maximum absolute atomic E-state index is 11.6. The first-order valence-corrected chi connectivity index (χ1v) is 5.78. The second-order valence-electron chi connectivity index (χ2n) is 3.97. The highest BCUT2D eigenvalue weighted by Gasteiger charge is 2.29. The molecular formula is C12H24O2. The van der Waals surface area contributed by atoms with E-state index in [4.69, 9.17) is 4.74 Å². The summed E-state index contributed by atoms with van der Waals surface area (Å²) in [6.45, 7) is 10.2. The standard InChI is InChI=1S/C12H24O2/c1-6-10(5)11(13)14-12(7-2,8-3)9-4/h10H,6-9H2,1-5H3. The predicted octanol–water partition coefficient (Wildman–Crippen LogP) is 3.54. The highest BCUT2D eigenvalue weighted by molar-refractivity contribution is 5.72. The lowest BCUT2D eigenvalue weighted by Crippen LogP contribution is -2.35. The Labute approximate surface area is 88.0 Å². The molecule has 0 aliphatic carbocycles. The van der Waals surface area contributed by atoms with E-state index in [0.717, 1.165) is 25.7 Å². The fraction of sp³-hybridized carbons (Fsp3) is 0.917. The van der Waals surface area contributed by atoms with Gasteiger partial charge in [0.05, 0.1) is 5.92 Å². The van der Waals surface area contributed by atoms with Crippen molar-refractivity contribution in [2.24, 2.45) is 5.92 Å². The number of hydrogen-bond donors (Lipinski definition) is 0. The average molecular weight is 200 g/mol. The average Bonchev–Trinajstić information content (AvgIpc) is 2.24. The third-order valence-corrected chi connectivity index (χ3v) is 3.26. The lowest BCUT2D eigenvalue weighted by Gasteiger charge is -2.31. The predicted molar refractivity (Wildman–Crippen MR) is 59.2 cm³/mol. The summed E-state index contributed by atoms with van der Waals surface area (Å²) in [6.07, 6.45) is 3.57. The van der Waals surface area contributed by atoms with Crippen LogP contribution in [-0.4, -0.2) is 11.6 Å². The molecule has 0 saturated carbocycles. The van der Waals surface area contributed by atoms with Crippen LogP contribution in [0.2, 0.25) is 0 Å². The van der Waals surface area contributed by atoms with Crippen LogP contribution in [0.15, 0.2) is 0 Å². The van der Waals surface area contributed by atoms with Crippen LogP contribution in [0, 0.1) is 5.92 Å². The monoisotopic (exact) mass is 200 g/mol. The van der Waals surface area contributed by atoms with Crippen LogP contribution in [0.4, 0.5) is 0 Å². The van der Waals surface area contributed by atoms with Crippen molar-refractivity contribution in [1.82, 2.24) is 0 Å². The second-order valence-corrected chi connectivity index (χ2v) is 3.97. The number of esters is 1. The minimum absolute atomic E-state index is 0.0269. The van der Waals surface area contributed by atoms with E-state index < -0.39 is 0 Å². The van der Waals surface area contributed by atoms with E-state index in [2.05, 4.69) is 20.8 Å². The van der Waals surface area contributed by atoms with E-state index in [1.165, 1.54) is 0 Å². The fourth-order valence-electron chi connectivity index (χ4n) is 1.45. The number of carbonyl (C=O) groups excluding carboxylic acids is 1. The van der Waals surface area contributed by atoms with E-state index in [1.54, 1.807) is 0 Å². The van der Waals surface area contributed by atoms with Crippen LogP contribution >= 0.6 is 0 Å². The first-order valence-electron chi connectivity index (χ1n) is 5.78. The summed E-state index contributed by atoms with van der Waals surface area (Å²) in [5.74, 6) is -0.0166. The van der Waals surface area contributed by atoms with Gasteiger partial charge >= 0.3 is 5.97 Å². The van der Waals surface area contributed by atoms with Gasteiger partial charge in [-0.05, 0) is 25.7 Å². The zero-order valence-corrected chi connectivity index (χ0v) is 10.2. The Morgan fingerprint density at radius 3 is 1.86 bits per heavy atom. The number of carbonyl (C=O) groups is 1. The van der Waals surface area contributed by atoms with E-state index >= 15 is 0 Å². The van der Waals surface area contributed by atoms with Crippen molar-refractivity contribution in [2.75, 3.05) is 0 Å². The van der Waals surface area contributed by atoms with E-state index in [-0.39, 0.29) is 17.5 Å². The second kappa shape index (κ2) is 6.05. The highest BCUT2D eigenvalue weighted by Crippen LogP contribution is 2.26. The van der Waals surface area contributed by atoms with Crippen LogP contribution in [0.25, 0.3) is 0 Å². The summed E-state index contributed by atoms with van der Waals surface area (Å²) in [4.78, 5) is 11.6. The van der Waals surface area contributed by atoms with Crippen LogP contribution in [-0.2, 0) is 9.53 Å². The Hall–Kier alpha value is -0.530. The van der Waals surface area contributed by atoms with Crippen molar-refractivity contribution < 1.29 is 9.53 Å². The van der Waals surface area contributed by atoms with Gasteiger partial charge in [-0.1, -0.05) is 34.6 Å². The Morgan fingerprint density at radius 1 is 1.14 bits per heavy atom. The lowest BCUT2D eigenvalue weighted by molar-refractivity contribution is -0.165. The maximum Gasteiger partial charge on any atom is 0.309 e. The topological polar surface area (TPSA) is 26.3 Å². The molecule has 0 heterocycles. The van der Waals surface area contributed by atoms with Gasteiger partial charge in [0.15, 0.2) is 0 Å². The van der Waals surface area contributed by atoms with Crippen LogP contribution in [0.3, 0.4) is 0 Å². The molecule has 0 bridgehead atoms. The maximum atomic E-state index is 11.6. The molecule has 1 atom stereocenters. The van der Waals surface area contributed by atoms with Crippen molar-refractivity contribution in [3.63, 3.8) is 0 Å². The molecule has 2 nitrogen and oxygen atoms in total. The zero-order chi connectivity index (χ0) is 11.2. The Morgan fingerprint density at radius 2 is 1.57 bits per heavy atom. The largest absolute Gasteiger partial charge is 0.459 e. The van der Waals surface area contributed by atoms with Gasteiger partial charge in [0.25, 0.3) is 0 Å². The smallest absolute Gasteiger partial charge is 0.309 e. The third-order valence-electron chi connectivity index (χ3n) is 3.26. The number of rotatable bonds is 6. The SMILES string of the molecule is CCC(C)C(=O)OC(CC)(CC)CC. The fourth-order valence-corrected chi connectivity index (χ4v) is 1.45. The molecule has 0 fully saturated rings. The molecule has 0 aromatic heterocycles. The first-order chi connectivity index (χ1) is 6.55. The zero-order valence-electron chi connectivity index (χ0n) is 10.2. The van der Waals surface area contributed by atoms with Crippen LogP contribution < -0.4 is 0 Å². The summed E-state index contributed by atoms with van der Waals surface area (Å²) in [6, 6.07) is 0. The molecule has 0 aromatic rings. The molecule has 2 heteroatoms. The van der Waals surface area contributed by atoms with E-state index in [9.17, 15) is 4.79 Å². The van der Waals surface area contributed by atoms with Gasteiger partial charge in [-0.2, -0.15) is 0 Å². The van der Waals surface area contributed by atoms with E-state index in [0.29, 0.717) is 0 Å². The molecule has 84 valence electrons. The summed E-state index contributed by atoms with van der Waals surface area (Å²) in [5, 5.41) is 0. The summed E-state index contributed by atoms with van der Waals surface area (Å²) >= 11 is 0. The summed E-state index contributed by atoms with van der Waals surface area (Å²) < 4.78 is 5.60. The molecule has 0 radical (unpaired) electrons. The van der Waals surface area contributed by atoms with Crippen molar-refractivity contribution >= 4 is 5.97 Å². The van der Waals surface area contributed by atoms with Gasteiger partial charge in [0, 0.05) is 0 Å². The number of ether oxygens (including phenoxy) is 1. The van der Waals surface area contributed by atoms with Crippen molar-refractivity contribution in [1.29, 1.82) is 0 Å². The highest BCUT2D eigenvalue weighted by atomic mass is 16.6. The molecule has 0 saturated heterocycles. The van der Waals surface area contributed by atoms with Gasteiger partial charge in [-0.3, -0.25) is 4.79 Å². The minimum atomic E-state index is -0.222. The van der Waals surface area contributed by atoms with Crippen molar-refractivity contribution in [3.05, 3.63) is 0 Å². The van der Waals surface area contributed by atoms with Crippen LogP contribution in [0.5, 0.6) is 0 Å². The third kappa shape index (κ3) is 3.32. The normalized spacial score (nSPS) is 13.8. The van der Waals surface area contributed by atoms with Gasteiger partial charge < -0.3 is 4.74 Å². The molecular weight excluding hydrogens is 176 g/mol. The Kier molecular flexibility index (Phi) is 5.82.